The highest BCUT2D eigenvalue weighted by atomic mass is 19.1. The van der Waals surface area contributed by atoms with Crippen LogP contribution < -0.4 is 5.32 Å². The molecule has 1 aromatic heterocycles. The Morgan fingerprint density at radius 3 is 2.46 bits per heavy atom. The minimum absolute atomic E-state index is 0.0719. The molecule has 0 aliphatic carbocycles. The highest BCUT2D eigenvalue weighted by Crippen LogP contribution is 2.30. The first kappa shape index (κ1) is 25.1. The Hall–Kier alpha value is -3.55. The third kappa shape index (κ3) is 5.73. The van der Waals surface area contributed by atoms with Crippen molar-refractivity contribution in [2.45, 2.75) is 26.3 Å². The summed E-state index contributed by atoms with van der Waals surface area (Å²) in [7, 11) is 0. The first-order valence-corrected chi connectivity index (χ1v) is 12.8. The number of hydrogen-bond acceptors (Lipinski definition) is 4. The van der Waals surface area contributed by atoms with Gasteiger partial charge in [0.15, 0.2) is 0 Å². The van der Waals surface area contributed by atoms with Crippen molar-refractivity contribution < 1.29 is 13.9 Å². The van der Waals surface area contributed by atoms with E-state index in [2.05, 4.69) is 40.8 Å². The lowest BCUT2D eigenvalue weighted by Gasteiger charge is -2.27. The number of morpholine rings is 1. The van der Waals surface area contributed by atoms with Gasteiger partial charge >= 0.3 is 0 Å². The zero-order valence-corrected chi connectivity index (χ0v) is 21.4. The van der Waals surface area contributed by atoms with Crippen LogP contribution in [0.1, 0.15) is 34.1 Å². The SMILES string of the molecule is Cc1cc2nc(Cc3ccc(F)cc3)n([C@H](C(=O)NCCN3CCOCC3)c3ccccc3)c2cc1C. The second-order valence-corrected chi connectivity index (χ2v) is 9.68. The van der Waals surface area contributed by atoms with Gasteiger partial charge in [-0.2, -0.15) is 0 Å². The summed E-state index contributed by atoms with van der Waals surface area (Å²) in [6.07, 6.45) is 0.484. The molecule has 1 amide bonds. The van der Waals surface area contributed by atoms with E-state index in [1.54, 1.807) is 12.1 Å². The van der Waals surface area contributed by atoms with Gasteiger partial charge in [-0.25, -0.2) is 9.37 Å². The molecule has 7 heteroatoms. The molecule has 192 valence electrons. The van der Waals surface area contributed by atoms with Crippen molar-refractivity contribution in [1.29, 1.82) is 0 Å². The number of hydrogen-bond donors (Lipinski definition) is 1. The number of carbonyl (C=O) groups is 1. The summed E-state index contributed by atoms with van der Waals surface area (Å²) in [5.74, 6) is 0.423. The van der Waals surface area contributed by atoms with Gasteiger partial charge < -0.3 is 14.6 Å². The zero-order valence-electron chi connectivity index (χ0n) is 21.4. The minimum atomic E-state index is -0.589. The smallest absolute Gasteiger partial charge is 0.247 e. The second-order valence-electron chi connectivity index (χ2n) is 9.68. The van der Waals surface area contributed by atoms with Gasteiger partial charge in [-0.05, 0) is 60.4 Å². The number of ether oxygens (including phenoxy) is 1. The Morgan fingerprint density at radius 1 is 1.03 bits per heavy atom. The molecule has 0 spiro atoms. The number of fused-ring (bicyclic) bond motifs is 1. The second kappa shape index (κ2) is 11.2. The van der Waals surface area contributed by atoms with E-state index in [0.717, 1.165) is 72.0 Å². The lowest BCUT2D eigenvalue weighted by atomic mass is 10.0. The molecule has 0 saturated carbocycles. The fourth-order valence-corrected chi connectivity index (χ4v) is 4.91. The Bertz CT molecular complexity index is 1360. The molecule has 0 radical (unpaired) electrons. The number of carbonyl (C=O) groups excluding carboxylic acids is 1. The maximum atomic E-state index is 13.9. The Labute approximate surface area is 217 Å². The molecule has 1 aliphatic rings. The van der Waals surface area contributed by atoms with Crippen LogP contribution in [0.5, 0.6) is 0 Å². The molecule has 6 nitrogen and oxygen atoms in total. The van der Waals surface area contributed by atoms with E-state index in [0.29, 0.717) is 13.0 Å². The highest BCUT2D eigenvalue weighted by Gasteiger charge is 2.28. The van der Waals surface area contributed by atoms with Crippen LogP contribution in [0.2, 0.25) is 0 Å². The van der Waals surface area contributed by atoms with Crippen molar-refractivity contribution in [2.24, 2.45) is 0 Å². The lowest BCUT2D eigenvalue weighted by Crippen LogP contribution is -2.43. The van der Waals surface area contributed by atoms with Crippen LogP contribution in [0.25, 0.3) is 11.0 Å². The molecule has 37 heavy (non-hydrogen) atoms. The number of halogens is 1. The van der Waals surface area contributed by atoms with Crippen LogP contribution >= 0.6 is 0 Å². The summed E-state index contributed by atoms with van der Waals surface area (Å²) in [6, 6.07) is 19.9. The molecular formula is C30H33FN4O2. The van der Waals surface area contributed by atoms with E-state index in [-0.39, 0.29) is 11.7 Å². The normalized spacial score (nSPS) is 15.1. The number of imidazole rings is 1. The summed E-state index contributed by atoms with van der Waals surface area (Å²) < 4.78 is 21.1. The van der Waals surface area contributed by atoms with Crippen LogP contribution in [-0.2, 0) is 16.0 Å². The molecule has 0 unspecified atom stereocenters. The number of nitrogens with zero attached hydrogens (tertiary/aromatic N) is 3. The third-order valence-electron chi connectivity index (χ3n) is 7.11. The van der Waals surface area contributed by atoms with Crippen LogP contribution in [0.4, 0.5) is 4.39 Å². The number of aromatic nitrogens is 2. The summed E-state index contributed by atoms with van der Waals surface area (Å²) in [5.41, 5.74) is 5.88. The maximum Gasteiger partial charge on any atom is 0.247 e. The van der Waals surface area contributed by atoms with Gasteiger partial charge in [0.2, 0.25) is 5.91 Å². The van der Waals surface area contributed by atoms with Gasteiger partial charge in [-0.3, -0.25) is 9.69 Å². The quantitative estimate of drug-likeness (QED) is 0.389. The largest absolute Gasteiger partial charge is 0.379 e. The topological polar surface area (TPSA) is 59.4 Å². The maximum absolute atomic E-state index is 13.9. The summed E-state index contributed by atoms with van der Waals surface area (Å²) in [6.45, 7) is 8.70. The summed E-state index contributed by atoms with van der Waals surface area (Å²) in [5, 5.41) is 3.19. The Kier molecular flexibility index (Phi) is 7.63. The van der Waals surface area contributed by atoms with Gasteiger partial charge in [-0.1, -0.05) is 42.5 Å². The number of rotatable bonds is 8. The number of nitrogens with one attached hydrogen (secondary N) is 1. The molecule has 0 bridgehead atoms. The van der Waals surface area contributed by atoms with Crippen molar-refractivity contribution >= 4 is 16.9 Å². The van der Waals surface area contributed by atoms with Crippen LogP contribution in [0, 0.1) is 19.7 Å². The van der Waals surface area contributed by atoms with Gasteiger partial charge in [0.1, 0.15) is 17.7 Å². The van der Waals surface area contributed by atoms with Crippen LogP contribution in [-0.4, -0.2) is 59.8 Å². The first-order chi connectivity index (χ1) is 18.0. The van der Waals surface area contributed by atoms with Gasteiger partial charge in [-0.15, -0.1) is 0 Å². The van der Waals surface area contributed by atoms with E-state index in [1.807, 2.05) is 30.3 Å². The van der Waals surface area contributed by atoms with Crippen molar-refractivity contribution in [2.75, 3.05) is 39.4 Å². The molecule has 5 rings (SSSR count). The average Bonchev–Trinajstić information content (AvgIpc) is 3.23. The Morgan fingerprint density at radius 2 is 1.73 bits per heavy atom. The van der Waals surface area contributed by atoms with Gasteiger partial charge in [0.25, 0.3) is 0 Å². The molecule has 1 N–H and O–H groups in total. The van der Waals surface area contributed by atoms with Crippen LogP contribution in [0.15, 0.2) is 66.7 Å². The van der Waals surface area contributed by atoms with E-state index in [9.17, 15) is 9.18 Å². The molecule has 1 saturated heterocycles. The van der Waals surface area contributed by atoms with Gasteiger partial charge in [0, 0.05) is 32.6 Å². The summed E-state index contributed by atoms with van der Waals surface area (Å²) in [4.78, 5) is 21.2. The lowest BCUT2D eigenvalue weighted by molar-refractivity contribution is -0.123. The Balaban J connectivity index is 1.54. The third-order valence-corrected chi connectivity index (χ3v) is 7.11. The van der Waals surface area contributed by atoms with Crippen LogP contribution in [0.3, 0.4) is 0 Å². The fraction of sp³-hybridized carbons (Fsp3) is 0.333. The van der Waals surface area contributed by atoms with E-state index in [4.69, 9.17) is 9.72 Å². The average molecular weight is 501 g/mol. The standard InChI is InChI=1S/C30H33FN4O2/c1-21-18-26-27(19-22(21)2)35(28(33-26)20-23-8-10-25(31)11-9-23)29(24-6-4-3-5-7-24)30(36)32-12-13-34-14-16-37-17-15-34/h3-11,18-19,29H,12-17,20H2,1-2H3,(H,32,36)/t29-/m0/s1. The summed E-state index contributed by atoms with van der Waals surface area (Å²) >= 11 is 0. The predicted molar refractivity (Wildman–Crippen MR) is 143 cm³/mol. The fourth-order valence-electron chi connectivity index (χ4n) is 4.91. The van der Waals surface area contributed by atoms with E-state index in [1.165, 1.54) is 12.1 Å². The molecule has 1 fully saturated rings. The predicted octanol–water partition coefficient (Wildman–Crippen LogP) is 4.42. The molecule has 3 aromatic carbocycles. The number of benzene rings is 3. The van der Waals surface area contributed by atoms with Gasteiger partial charge in [0.05, 0.1) is 24.2 Å². The molecule has 1 atom stereocenters. The molecule has 1 aliphatic heterocycles. The van der Waals surface area contributed by atoms with Crippen molar-refractivity contribution in [1.82, 2.24) is 19.8 Å². The highest BCUT2D eigenvalue weighted by molar-refractivity contribution is 5.87. The van der Waals surface area contributed by atoms with E-state index >= 15 is 0 Å². The molecule has 2 heterocycles. The van der Waals surface area contributed by atoms with Crippen molar-refractivity contribution in [3.05, 3.63) is 101 Å². The molecule has 4 aromatic rings. The minimum Gasteiger partial charge on any atom is -0.379 e. The van der Waals surface area contributed by atoms with Crippen molar-refractivity contribution in [3.8, 4) is 0 Å². The monoisotopic (exact) mass is 500 g/mol. The van der Waals surface area contributed by atoms with Crippen molar-refractivity contribution in [3.63, 3.8) is 0 Å². The number of amides is 1. The number of aryl methyl sites for hydroxylation is 2. The van der Waals surface area contributed by atoms with E-state index < -0.39 is 6.04 Å². The zero-order chi connectivity index (χ0) is 25.8. The molecular weight excluding hydrogens is 467 g/mol. The first-order valence-electron chi connectivity index (χ1n) is 12.8.